The van der Waals surface area contributed by atoms with Crippen molar-refractivity contribution in [1.82, 2.24) is 24.5 Å². The van der Waals surface area contributed by atoms with E-state index in [9.17, 15) is 10.2 Å². The number of aliphatic hydroxyl groups excluding tert-OH is 2. The molecule has 4 atom stereocenters. The molecule has 0 radical (unpaired) electrons. The van der Waals surface area contributed by atoms with Gasteiger partial charge in [-0.1, -0.05) is 6.07 Å². The maximum Gasteiger partial charge on any atom is 0.213 e. The number of hydrogen-bond acceptors (Lipinski definition) is 9. The normalized spacial score (nSPS) is 26.2. The van der Waals surface area contributed by atoms with Crippen LogP contribution in [0.15, 0.2) is 37.1 Å². The van der Waals surface area contributed by atoms with Gasteiger partial charge >= 0.3 is 0 Å². The number of nitrogens with two attached hydrogens (primary N) is 1. The number of nitrogens with zero attached hydrogens (tertiary/aromatic N) is 5. The fourth-order valence-electron chi connectivity index (χ4n) is 2.75. The van der Waals surface area contributed by atoms with Crippen LogP contribution in [0, 0.1) is 0 Å². The summed E-state index contributed by atoms with van der Waals surface area (Å²) in [6.07, 6.45) is 0.426. The summed E-state index contributed by atoms with van der Waals surface area (Å²) in [5.41, 5.74) is 6.58. The number of pyridine rings is 1. The predicted molar refractivity (Wildman–Crippen MR) is 85.4 cm³/mol. The zero-order valence-electron chi connectivity index (χ0n) is 13.0. The van der Waals surface area contributed by atoms with Crippen molar-refractivity contribution in [3.05, 3.63) is 37.1 Å². The molecule has 4 heterocycles. The van der Waals surface area contributed by atoms with Gasteiger partial charge in [-0.2, -0.15) is 0 Å². The van der Waals surface area contributed by atoms with Gasteiger partial charge in [0.15, 0.2) is 17.7 Å². The monoisotopic (exact) mass is 344 g/mol. The Morgan fingerprint density at radius 2 is 2.04 bits per heavy atom. The summed E-state index contributed by atoms with van der Waals surface area (Å²) in [6.45, 7) is 0.0372. The lowest BCUT2D eigenvalue weighted by molar-refractivity contribution is -0.0479. The van der Waals surface area contributed by atoms with E-state index in [-0.39, 0.29) is 12.4 Å². The van der Waals surface area contributed by atoms with Crippen molar-refractivity contribution < 1.29 is 19.7 Å². The lowest BCUT2D eigenvalue weighted by atomic mass is 10.1. The Balaban J connectivity index is 1.54. The van der Waals surface area contributed by atoms with Crippen molar-refractivity contribution in [2.45, 2.75) is 24.5 Å². The van der Waals surface area contributed by atoms with Gasteiger partial charge in [0.2, 0.25) is 5.88 Å². The molecule has 1 fully saturated rings. The Labute approximate surface area is 141 Å². The van der Waals surface area contributed by atoms with Crippen LogP contribution in [0.4, 0.5) is 5.82 Å². The standard InChI is InChI=1S/C15H16N6O4/c16-13-10-14(19-6-18-13)21(7-20-10)15-12(23)11(22)8(25-15)5-24-9-3-1-2-4-17-9/h1-4,6-8,11-12,15,22-23H,5H2,(H2,16,18,19)/t8-,11+,12-,15+/m1/s1. The van der Waals surface area contributed by atoms with Gasteiger partial charge in [0.1, 0.15) is 36.8 Å². The number of aromatic nitrogens is 5. The number of aliphatic hydroxyl groups is 2. The van der Waals surface area contributed by atoms with Gasteiger partial charge in [-0.25, -0.2) is 19.9 Å². The molecule has 0 aliphatic carbocycles. The number of anilines is 1. The highest BCUT2D eigenvalue weighted by Crippen LogP contribution is 2.32. The molecule has 3 aromatic heterocycles. The average molecular weight is 344 g/mol. The molecule has 1 aliphatic rings. The SMILES string of the molecule is Nc1ncnc2c1ncn2[C@H]1O[C@H](COc2ccccn2)[C@H](O)[C@H]1O. The summed E-state index contributed by atoms with van der Waals surface area (Å²) in [4.78, 5) is 16.2. The fraction of sp³-hybridized carbons (Fsp3) is 0.333. The Morgan fingerprint density at radius 3 is 2.84 bits per heavy atom. The first kappa shape index (κ1) is 15.7. The molecule has 10 nitrogen and oxygen atoms in total. The van der Waals surface area contributed by atoms with Crippen LogP contribution >= 0.6 is 0 Å². The number of nitrogen functional groups attached to an aromatic ring is 1. The molecule has 130 valence electrons. The van der Waals surface area contributed by atoms with Crippen molar-refractivity contribution in [3.63, 3.8) is 0 Å². The van der Waals surface area contributed by atoms with Crippen LogP contribution in [0.1, 0.15) is 6.23 Å². The van der Waals surface area contributed by atoms with Crippen LogP contribution in [0.2, 0.25) is 0 Å². The number of ether oxygens (including phenoxy) is 2. The minimum absolute atomic E-state index is 0.0372. The lowest BCUT2D eigenvalue weighted by Crippen LogP contribution is -2.34. The third-order valence-electron chi connectivity index (χ3n) is 4.03. The van der Waals surface area contributed by atoms with Crippen LogP contribution in [0.5, 0.6) is 5.88 Å². The average Bonchev–Trinajstić information content (AvgIpc) is 3.18. The molecule has 0 saturated carbocycles. The molecule has 1 saturated heterocycles. The van der Waals surface area contributed by atoms with E-state index in [2.05, 4.69) is 19.9 Å². The zero-order valence-corrected chi connectivity index (χ0v) is 13.0. The quantitative estimate of drug-likeness (QED) is 0.571. The van der Waals surface area contributed by atoms with Gasteiger partial charge in [-0.05, 0) is 6.07 Å². The van der Waals surface area contributed by atoms with Gasteiger partial charge in [0.05, 0.1) is 6.33 Å². The van der Waals surface area contributed by atoms with Crippen LogP contribution in [-0.4, -0.2) is 59.6 Å². The topological polar surface area (TPSA) is 141 Å². The first-order valence-electron chi connectivity index (χ1n) is 7.63. The van der Waals surface area contributed by atoms with Gasteiger partial charge in [0, 0.05) is 12.3 Å². The molecule has 4 rings (SSSR count). The number of hydrogen-bond donors (Lipinski definition) is 3. The summed E-state index contributed by atoms with van der Waals surface area (Å²) < 4.78 is 12.8. The molecule has 3 aromatic rings. The van der Waals surface area contributed by atoms with E-state index in [1.807, 2.05) is 0 Å². The van der Waals surface area contributed by atoms with Crippen molar-refractivity contribution >= 4 is 17.0 Å². The molecule has 0 amide bonds. The predicted octanol–water partition coefficient (Wildman–Crippen LogP) is -0.498. The smallest absolute Gasteiger partial charge is 0.213 e. The van der Waals surface area contributed by atoms with Gasteiger partial charge in [-0.15, -0.1) is 0 Å². The van der Waals surface area contributed by atoms with Crippen LogP contribution in [0.3, 0.4) is 0 Å². The molecular formula is C15H16N6O4. The third kappa shape index (κ3) is 2.76. The Bertz CT molecular complexity index is 873. The van der Waals surface area contributed by atoms with Crippen molar-refractivity contribution in [3.8, 4) is 5.88 Å². The summed E-state index contributed by atoms with van der Waals surface area (Å²) in [5.74, 6) is 0.636. The van der Waals surface area contributed by atoms with E-state index in [1.54, 1.807) is 24.4 Å². The van der Waals surface area contributed by atoms with Crippen LogP contribution in [0.25, 0.3) is 11.2 Å². The summed E-state index contributed by atoms with van der Waals surface area (Å²) in [5, 5.41) is 20.6. The van der Waals surface area contributed by atoms with Gasteiger partial charge in [0.25, 0.3) is 0 Å². The van der Waals surface area contributed by atoms with E-state index < -0.39 is 24.5 Å². The van der Waals surface area contributed by atoms with E-state index >= 15 is 0 Å². The van der Waals surface area contributed by atoms with Crippen molar-refractivity contribution in [1.29, 1.82) is 0 Å². The molecule has 0 bridgehead atoms. The number of imidazole rings is 1. The highest BCUT2D eigenvalue weighted by Gasteiger charge is 2.44. The van der Waals surface area contributed by atoms with Crippen LogP contribution in [-0.2, 0) is 4.74 Å². The number of fused-ring (bicyclic) bond motifs is 1. The highest BCUT2D eigenvalue weighted by atomic mass is 16.6. The van der Waals surface area contributed by atoms with E-state index in [1.165, 1.54) is 17.2 Å². The largest absolute Gasteiger partial charge is 0.475 e. The molecule has 0 spiro atoms. The second-order valence-electron chi connectivity index (χ2n) is 5.61. The second kappa shape index (κ2) is 6.24. The summed E-state index contributed by atoms with van der Waals surface area (Å²) in [6, 6.07) is 5.25. The Kier molecular flexibility index (Phi) is 3.92. The molecule has 0 unspecified atom stereocenters. The maximum absolute atomic E-state index is 10.4. The minimum atomic E-state index is -1.18. The minimum Gasteiger partial charge on any atom is -0.475 e. The summed E-state index contributed by atoms with van der Waals surface area (Å²) >= 11 is 0. The Morgan fingerprint density at radius 1 is 1.16 bits per heavy atom. The van der Waals surface area contributed by atoms with Crippen LogP contribution < -0.4 is 10.5 Å². The van der Waals surface area contributed by atoms with Gasteiger partial charge < -0.3 is 25.4 Å². The van der Waals surface area contributed by atoms with Crippen molar-refractivity contribution in [2.24, 2.45) is 0 Å². The van der Waals surface area contributed by atoms with Gasteiger partial charge in [-0.3, -0.25) is 4.57 Å². The second-order valence-corrected chi connectivity index (χ2v) is 5.61. The molecule has 0 aromatic carbocycles. The first-order valence-corrected chi connectivity index (χ1v) is 7.63. The maximum atomic E-state index is 10.4. The van der Waals surface area contributed by atoms with E-state index in [4.69, 9.17) is 15.2 Å². The van der Waals surface area contributed by atoms with Crippen molar-refractivity contribution in [2.75, 3.05) is 12.3 Å². The Hall–Kier alpha value is -2.82. The lowest BCUT2D eigenvalue weighted by Gasteiger charge is -2.16. The molecule has 10 heteroatoms. The highest BCUT2D eigenvalue weighted by molar-refractivity contribution is 5.81. The molecule has 25 heavy (non-hydrogen) atoms. The molecular weight excluding hydrogens is 328 g/mol. The summed E-state index contributed by atoms with van der Waals surface area (Å²) in [7, 11) is 0. The third-order valence-corrected chi connectivity index (χ3v) is 4.03. The van der Waals surface area contributed by atoms with E-state index in [0.717, 1.165) is 0 Å². The molecule has 4 N–H and O–H groups in total. The number of rotatable bonds is 4. The zero-order chi connectivity index (χ0) is 17.4. The molecule has 1 aliphatic heterocycles. The van der Waals surface area contributed by atoms with E-state index in [0.29, 0.717) is 17.0 Å². The first-order chi connectivity index (χ1) is 12.1. The fourth-order valence-corrected chi connectivity index (χ4v) is 2.75.